The van der Waals surface area contributed by atoms with Gasteiger partial charge in [-0.1, -0.05) is 17.9 Å². The van der Waals surface area contributed by atoms with Crippen LogP contribution in [0.3, 0.4) is 0 Å². The molecule has 0 amide bonds. The lowest BCUT2D eigenvalue weighted by atomic mass is 10.1. The molecule has 0 heterocycles. The summed E-state index contributed by atoms with van der Waals surface area (Å²) in [4.78, 5) is 3.99. The number of nitrogens with zero attached hydrogens (tertiary/aromatic N) is 1. The smallest absolute Gasteiger partial charge is 0.354 e. The Bertz CT molecular complexity index is 800. The molecular weight excluding hydrogens is 494 g/mol. The van der Waals surface area contributed by atoms with E-state index in [0.717, 1.165) is 12.1 Å². The normalized spacial score (nSPS) is 13.0. The maximum Gasteiger partial charge on any atom is 0.416 e. The highest BCUT2D eigenvalue weighted by Crippen LogP contribution is 2.29. The predicted octanol–water partition coefficient (Wildman–Crippen LogP) is 2.66. The van der Waals surface area contributed by atoms with Crippen LogP contribution in [0.1, 0.15) is 24.5 Å². The van der Waals surface area contributed by atoms with Crippen LogP contribution in [0.4, 0.5) is 13.2 Å². The average Bonchev–Trinajstić information content (AvgIpc) is 2.54. The van der Waals surface area contributed by atoms with Crippen LogP contribution < -0.4 is 10.6 Å². The van der Waals surface area contributed by atoms with E-state index in [4.69, 9.17) is 0 Å². The van der Waals surface area contributed by atoms with Crippen molar-refractivity contribution in [2.75, 3.05) is 25.6 Å². The number of halogens is 4. The zero-order chi connectivity index (χ0) is 19.8. The van der Waals surface area contributed by atoms with E-state index in [9.17, 15) is 21.6 Å². The fourth-order valence-corrected chi connectivity index (χ4v) is 2.72. The number of nitrogens with one attached hydrogen (secondary N) is 2. The fourth-order valence-electron chi connectivity index (χ4n) is 1.94. The summed E-state index contributed by atoms with van der Waals surface area (Å²) in [5.74, 6) is 5.89. The minimum absolute atomic E-state index is 0. The van der Waals surface area contributed by atoms with E-state index in [-0.39, 0.29) is 47.9 Å². The lowest BCUT2D eigenvalue weighted by Gasteiger charge is -2.16. The van der Waals surface area contributed by atoms with Gasteiger partial charge in [-0.15, -0.1) is 24.0 Å². The first-order chi connectivity index (χ1) is 12.0. The molecule has 5 nitrogen and oxygen atoms in total. The van der Waals surface area contributed by atoms with Crippen LogP contribution in [0.15, 0.2) is 29.3 Å². The van der Waals surface area contributed by atoms with Gasteiger partial charge in [0.05, 0.1) is 17.9 Å². The largest absolute Gasteiger partial charge is 0.416 e. The molecule has 0 fully saturated rings. The van der Waals surface area contributed by atoms with Crippen LogP contribution in [0.5, 0.6) is 0 Å². The van der Waals surface area contributed by atoms with Crippen molar-refractivity contribution in [1.82, 2.24) is 10.6 Å². The summed E-state index contributed by atoms with van der Waals surface area (Å²) < 4.78 is 60.3. The monoisotopic (exact) mass is 517 g/mol. The summed E-state index contributed by atoms with van der Waals surface area (Å²) in [6.45, 7) is 2.00. The fraction of sp³-hybridized carbons (Fsp3) is 0.471. The molecule has 1 unspecified atom stereocenters. The van der Waals surface area contributed by atoms with E-state index in [1.807, 2.05) is 6.92 Å². The van der Waals surface area contributed by atoms with Gasteiger partial charge in [-0.25, -0.2) is 8.42 Å². The van der Waals surface area contributed by atoms with Crippen molar-refractivity contribution in [1.29, 1.82) is 0 Å². The Morgan fingerprint density at radius 2 is 2.00 bits per heavy atom. The van der Waals surface area contributed by atoms with Gasteiger partial charge in [-0.2, -0.15) is 13.2 Å². The molecule has 2 N–H and O–H groups in total. The summed E-state index contributed by atoms with van der Waals surface area (Å²) in [6.07, 6.45) is -2.80. The Labute approximate surface area is 175 Å². The van der Waals surface area contributed by atoms with Gasteiger partial charge in [-0.05, 0) is 31.5 Å². The maximum absolute atomic E-state index is 12.6. The van der Waals surface area contributed by atoms with E-state index in [1.165, 1.54) is 18.4 Å². The zero-order valence-electron chi connectivity index (χ0n) is 15.2. The molecule has 1 aromatic rings. The first-order valence-electron chi connectivity index (χ1n) is 7.82. The first kappa shape index (κ1) is 25.5. The number of sulfone groups is 1. The van der Waals surface area contributed by atoms with Crippen molar-refractivity contribution in [3.8, 4) is 11.8 Å². The van der Waals surface area contributed by atoms with Crippen LogP contribution in [0, 0.1) is 11.8 Å². The van der Waals surface area contributed by atoms with Gasteiger partial charge in [0.15, 0.2) is 5.96 Å². The summed E-state index contributed by atoms with van der Waals surface area (Å²) in [6, 6.07) is 4.68. The van der Waals surface area contributed by atoms with E-state index in [0.29, 0.717) is 12.4 Å². The van der Waals surface area contributed by atoms with E-state index < -0.39 is 21.6 Å². The van der Waals surface area contributed by atoms with Gasteiger partial charge in [0.25, 0.3) is 0 Å². The Balaban J connectivity index is 0.00000676. The molecule has 0 aliphatic heterocycles. The van der Waals surface area contributed by atoms with Gasteiger partial charge in [0, 0.05) is 24.9 Å². The topological polar surface area (TPSA) is 70.6 Å². The third-order valence-electron chi connectivity index (χ3n) is 3.30. The van der Waals surface area contributed by atoms with E-state index in [2.05, 4.69) is 27.5 Å². The van der Waals surface area contributed by atoms with Crippen LogP contribution in [0.25, 0.3) is 0 Å². The van der Waals surface area contributed by atoms with Gasteiger partial charge in [0.1, 0.15) is 9.84 Å². The molecule has 152 valence electrons. The molecule has 1 rings (SSSR count). The standard InChI is InChI=1S/C17H22F3N3O2S.HI/c1-13(9-11-26(3,24)25)23-16(21-2)22-10-5-7-14-6-4-8-15(12-14)17(18,19)20;/h4,6,8,12-13H,9-11H2,1-3H3,(H2,21,22,23);1H. The van der Waals surface area contributed by atoms with Crippen LogP contribution in [-0.4, -0.2) is 46.0 Å². The zero-order valence-corrected chi connectivity index (χ0v) is 18.4. The minimum Gasteiger partial charge on any atom is -0.354 e. The Hall–Kier alpha value is -1.48. The Kier molecular flexibility index (Phi) is 10.8. The van der Waals surface area contributed by atoms with Crippen molar-refractivity contribution >= 4 is 39.8 Å². The molecule has 0 saturated carbocycles. The molecule has 0 aromatic heterocycles. The number of guanidine groups is 1. The van der Waals surface area contributed by atoms with Crippen LogP contribution >= 0.6 is 24.0 Å². The highest BCUT2D eigenvalue weighted by atomic mass is 127. The van der Waals surface area contributed by atoms with E-state index in [1.54, 1.807) is 7.05 Å². The maximum atomic E-state index is 12.6. The second-order valence-corrected chi connectivity index (χ2v) is 8.03. The van der Waals surface area contributed by atoms with Crippen molar-refractivity contribution in [3.63, 3.8) is 0 Å². The molecular formula is C17H23F3IN3O2S. The molecule has 0 saturated heterocycles. The van der Waals surface area contributed by atoms with Gasteiger partial charge in [-0.3, -0.25) is 4.99 Å². The highest BCUT2D eigenvalue weighted by Gasteiger charge is 2.30. The second kappa shape index (κ2) is 11.4. The summed E-state index contributed by atoms with van der Waals surface area (Å²) in [5.41, 5.74) is -0.472. The first-order valence-corrected chi connectivity index (χ1v) is 9.88. The number of hydrogen-bond acceptors (Lipinski definition) is 3. The molecule has 10 heteroatoms. The quantitative estimate of drug-likeness (QED) is 0.273. The molecule has 0 aliphatic carbocycles. The number of benzene rings is 1. The molecule has 0 aliphatic rings. The average molecular weight is 517 g/mol. The predicted molar refractivity (Wildman–Crippen MR) is 112 cm³/mol. The molecule has 1 atom stereocenters. The Morgan fingerprint density at radius 1 is 1.33 bits per heavy atom. The van der Waals surface area contributed by atoms with Gasteiger partial charge < -0.3 is 10.6 Å². The lowest BCUT2D eigenvalue weighted by molar-refractivity contribution is -0.137. The molecule has 0 spiro atoms. The Morgan fingerprint density at radius 3 is 2.56 bits per heavy atom. The number of rotatable bonds is 5. The lowest BCUT2D eigenvalue weighted by Crippen LogP contribution is -2.42. The third-order valence-corrected chi connectivity index (χ3v) is 4.27. The van der Waals surface area contributed by atoms with Crippen molar-refractivity contribution in [3.05, 3.63) is 35.4 Å². The van der Waals surface area contributed by atoms with Crippen LogP contribution in [0.2, 0.25) is 0 Å². The van der Waals surface area contributed by atoms with Crippen molar-refractivity contribution in [2.24, 2.45) is 4.99 Å². The summed E-state index contributed by atoms with van der Waals surface area (Å²) in [7, 11) is -1.48. The third kappa shape index (κ3) is 11.1. The number of alkyl halides is 3. The summed E-state index contributed by atoms with van der Waals surface area (Å²) >= 11 is 0. The molecule has 27 heavy (non-hydrogen) atoms. The summed E-state index contributed by atoms with van der Waals surface area (Å²) in [5, 5.41) is 5.93. The second-order valence-electron chi connectivity index (χ2n) is 5.77. The molecule has 0 bridgehead atoms. The minimum atomic E-state index is -4.40. The molecule has 0 radical (unpaired) electrons. The molecule has 1 aromatic carbocycles. The SMILES string of the molecule is CN=C(NCC#Cc1cccc(C(F)(F)F)c1)NC(C)CCS(C)(=O)=O.I. The van der Waals surface area contributed by atoms with Gasteiger partial charge >= 0.3 is 6.18 Å². The number of hydrogen-bond donors (Lipinski definition) is 2. The van der Waals surface area contributed by atoms with Crippen LogP contribution in [-0.2, 0) is 16.0 Å². The van der Waals surface area contributed by atoms with Crippen molar-refractivity contribution in [2.45, 2.75) is 25.6 Å². The highest BCUT2D eigenvalue weighted by molar-refractivity contribution is 14.0. The van der Waals surface area contributed by atoms with E-state index >= 15 is 0 Å². The van der Waals surface area contributed by atoms with Gasteiger partial charge in [0.2, 0.25) is 0 Å². The number of aliphatic imine (C=N–C) groups is 1. The van der Waals surface area contributed by atoms with Crippen molar-refractivity contribution < 1.29 is 21.6 Å².